The van der Waals surface area contributed by atoms with Crippen LogP contribution in [0.1, 0.15) is 13.8 Å². The van der Waals surface area contributed by atoms with Gasteiger partial charge in [0.2, 0.25) is 0 Å². The van der Waals surface area contributed by atoms with Crippen LogP contribution in [0.3, 0.4) is 0 Å². The van der Waals surface area contributed by atoms with Crippen LogP contribution in [-0.4, -0.2) is 34.2 Å². The maximum absolute atomic E-state index is 9.56. The Morgan fingerprint density at radius 2 is 2.31 bits per heavy atom. The molecule has 0 aromatic heterocycles. The van der Waals surface area contributed by atoms with Gasteiger partial charge in [0, 0.05) is 0 Å². The Hall–Kier alpha value is -0.930. The molecule has 0 radical (unpaired) electrons. The summed E-state index contributed by atoms with van der Waals surface area (Å²) in [6, 6.07) is 0.167. The van der Waals surface area contributed by atoms with Gasteiger partial charge in [0.1, 0.15) is 12.4 Å². The smallest absolute Gasteiger partial charge is 0.106 e. The van der Waals surface area contributed by atoms with Crippen molar-refractivity contribution in [1.82, 2.24) is 4.90 Å². The van der Waals surface area contributed by atoms with E-state index in [-0.39, 0.29) is 12.2 Å². The third kappa shape index (κ3) is 1.34. The number of aliphatic hydroxyl groups excluding tert-OH is 1. The third-order valence-corrected chi connectivity index (χ3v) is 2.49. The van der Waals surface area contributed by atoms with Gasteiger partial charge in [0.15, 0.2) is 0 Å². The normalized spacial score (nSPS) is 34.5. The number of hydrogen-bond donors (Lipinski definition) is 1. The minimum Gasteiger partial charge on any atom is -0.379 e. The van der Waals surface area contributed by atoms with Gasteiger partial charge in [-0.25, -0.2) is 4.90 Å². The molecular formula is C10H14N2O. The second-order valence-electron chi connectivity index (χ2n) is 3.45. The van der Waals surface area contributed by atoms with Crippen molar-refractivity contribution in [2.24, 2.45) is 4.99 Å². The van der Waals surface area contributed by atoms with Gasteiger partial charge in [0.05, 0.1) is 11.8 Å². The summed E-state index contributed by atoms with van der Waals surface area (Å²) >= 11 is 0. The number of rotatable bonds is 1. The lowest BCUT2D eigenvalue weighted by molar-refractivity contribution is -0.0000112. The van der Waals surface area contributed by atoms with Crippen LogP contribution in [0.2, 0.25) is 0 Å². The van der Waals surface area contributed by atoms with E-state index in [9.17, 15) is 5.11 Å². The van der Waals surface area contributed by atoms with Crippen LogP contribution in [-0.2, 0) is 0 Å². The highest BCUT2D eigenvalue weighted by atomic mass is 16.3. The molecular weight excluding hydrogens is 164 g/mol. The van der Waals surface area contributed by atoms with E-state index in [0.717, 1.165) is 5.71 Å². The first-order chi connectivity index (χ1) is 6.20. The average molecular weight is 178 g/mol. The predicted octanol–water partition coefficient (Wildman–Crippen LogP) is 0.922. The first-order valence-corrected chi connectivity index (χ1v) is 4.58. The zero-order valence-corrected chi connectivity index (χ0v) is 7.88. The molecule has 13 heavy (non-hydrogen) atoms. The molecule has 0 aromatic rings. The van der Waals surface area contributed by atoms with Crippen molar-refractivity contribution in [1.29, 1.82) is 0 Å². The summed E-state index contributed by atoms with van der Waals surface area (Å²) in [5.74, 6) is 0. The lowest BCUT2D eigenvalue weighted by Crippen LogP contribution is -2.43. The monoisotopic (exact) mass is 178 g/mol. The molecule has 1 aliphatic heterocycles. The van der Waals surface area contributed by atoms with Gasteiger partial charge < -0.3 is 5.11 Å². The van der Waals surface area contributed by atoms with E-state index in [4.69, 9.17) is 0 Å². The van der Waals surface area contributed by atoms with Gasteiger partial charge >= 0.3 is 0 Å². The number of nitrogens with zero attached hydrogens (tertiary/aromatic N) is 2. The summed E-state index contributed by atoms with van der Waals surface area (Å²) < 4.78 is 0. The Kier molecular flexibility index (Phi) is 2.06. The molecule has 3 unspecified atom stereocenters. The second kappa shape index (κ2) is 3.09. The van der Waals surface area contributed by atoms with Gasteiger partial charge in [-0.15, -0.1) is 0 Å². The molecule has 1 heterocycles. The fraction of sp³-hybridized carbons (Fsp3) is 0.500. The van der Waals surface area contributed by atoms with Crippen LogP contribution >= 0.6 is 0 Å². The molecule has 1 aliphatic carbocycles. The topological polar surface area (TPSA) is 35.8 Å². The quantitative estimate of drug-likeness (QED) is 0.648. The lowest BCUT2D eigenvalue weighted by Gasteiger charge is -2.29. The molecule has 3 atom stereocenters. The largest absolute Gasteiger partial charge is 0.379 e. The fourth-order valence-electron chi connectivity index (χ4n) is 1.95. The van der Waals surface area contributed by atoms with Crippen LogP contribution in [0.25, 0.3) is 0 Å². The van der Waals surface area contributed by atoms with Crippen LogP contribution in [0.5, 0.6) is 0 Å². The molecule has 0 aromatic carbocycles. The van der Waals surface area contributed by atoms with Crippen molar-refractivity contribution >= 4 is 5.71 Å². The van der Waals surface area contributed by atoms with Gasteiger partial charge in [0.25, 0.3) is 0 Å². The lowest BCUT2D eigenvalue weighted by atomic mass is 10.1. The first kappa shape index (κ1) is 8.66. The number of fused-ring (bicyclic) bond motifs is 1. The van der Waals surface area contributed by atoms with Crippen LogP contribution in [0, 0.1) is 0 Å². The highest BCUT2D eigenvalue weighted by Crippen LogP contribution is 2.23. The predicted molar refractivity (Wildman–Crippen MR) is 52.5 cm³/mol. The molecule has 2 aliphatic rings. The average Bonchev–Trinajstić information content (AvgIpc) is 2.39. The van der Waals surface area contributed by atoms with Gasteiger partial charge in [-0.1, -0.05) is 18.2 Å². The van der Waals surface area contributed by atoms with Crippen molar-refractivity contribution in [2.45, 2.75) is 32.3 Å². The van der Waals surface area contributed by atoms with Crippen molar-refractivity contribution in [3.8, 4) is 0 Å². The first-order valence-electron chi connectivity index (χ1n) is 4.58. The molecule has 3 heteroatoms. The fourth-order valence-corrected chi connectivity index (χ4v) is 1.95. The molecule has 0 saturated carbocycles. The summed E-state index contributed by atoms with van der Waals surface area (Å²) in [5.41, 5.74) is 1.05. The summed E-state index contributed by atoms with van der Waals surface area (Å²) in [6.45, 7) is 3.78. The Balaban J connectivity index is 2.27. The molecule has 0 amide bonds. The van der Waals surface area contributed by atoms with E-state index < -0.39 is 6.23 Å². The standard InChI is InChI=1S/C10H14N2O/c1-7-11-9-5-3-4-6-10(9)12(7)8(2)13/h3-8,10,13H,1-2H3. The maximum Gasteiger partial charge on any atom is 0.106 e. The van der Waals surface area contributed by atoms with Crippen LogP contribution in [0.4, 0.5) is 0 Å². The molecule has 3 nitrogen and oxygen atoms in total. The van der Waals surface area contributed by atoms with E-state index in [2.05, 4.69) is 11.1 Å². The van der Waals surface area contributed by atoms with Crippen molar-refractivity contribution < 1.29 is 5.11 Å². The molecule has 0 saturated heterocycles. The van der Waals surface area contributed by atoms with Crippen LogP contribution < -0.4 is 0 Å². The molecule has 0 bridgehead atoms. The minimum absolute atomic E-state index is 0.0763. The minimum atomic E-state index is -0.447. The Bertz CT molecular complexity index is 291. The number of allylic oxidation sites excluding steroid dienone is 2. The highest BCUT2D eigenvalue weighted by molar-refractivity contribution is 6.03. The van der Waals surface area contributed by atoms with Gasteiger partial charge in [-0.05, 0) is 19.9 Å². The van der Waals surface area contributed by atoms with Crippen molar-refractivity contribution in [3.63, 3.8) is 0 Å². The molecule has 0 spiro atoms. The third-order valence-electron chi connectivity index (χ3n) is 2.49. The summed E-state index contributed by atoms with van der Waals surface area (Å²) in [6.07, 6.45) is 7.67. The number of aliphatic hydroxyl groups is 1. The van der Waals surface area contributed by atoms with E-state index >= 15 is 0 Å². The zero-order valence-electron chi connectivity index (χ0n) is 7.88. The SMILES string of the molecule is CC(O)N1C(C)N=C2C=CC=CC21. The van der Waals surface area contributed by atoms with Crippen LogP contribution in [0.15, 0.2) is 29.3 Å². The number of aliphatic imine (C=N–C) groups is 1. The van der Waals surface area contributed by atoms with Crippen molar-refractivity contribution in [2.75, 3.05) is 0 Å². The molecule has 1 N–H and O–H groups in total. The zero-order chi connectivity index (χ0) is 9.42. The molecule has 70 valence electrons. The Morgan fingerprint density at radius 3 is 3.00 bits per heavy atom. The van der Waals surface area contributed by atoms with Gasteiger partial charge in [-0.2, -0.15) is 0 Å². The Labute approximate surface area is 78.1 Å². The highest BCUT2D eigenvalue weighted by Gasteiger charge is 2.34. The summed E-state index contributed by atoms with van der Waals surface area (Å²) in [4.78, 5) is 6.44. The molecule has 2 rings (SSSR count). The van der Waals surface area contributed by atoms with Crippen molar-refractivity contribution in [3.05, 3.63) is 24.3 Å². The van der Waals surface area contributed by atoms with Gasteiger partial charge in [-0.3, -0.25) is 4.99 Å². The van der Waals surface area contributed by atoms with E-state index in [0.29, 0.717) is 0 Å². The number of hydrogen-bond acceptors (Lipinski definition) is 3. The maximum atomic E-state index is 9.56. The molecule has 0 fully saturated rings. The second-order valence-corrected chi connectivity index (χ2v) is 3.45. The summed E-state index contributed by atoms with van der Waals surface area (Å²) in [7, 11) is 0. The van der Waals surface area contributed by atoms with E-state index in [1.54, 1.807) is 6.92 Å². The summed E-state index contributed by atoms with van der Waals surface area (Å²) in [5, 5.41) is 9.56. The van der Waals surface area contributed by atoms with E-state index in [1.807, 2.05) is 30.1 Å². The van der Waals surface area contributed by atoms with E-state index in [1.165, 1.54) is 0 Å². The Morgan fingerprint density at radius 1 is 1.54 bits per heavy atom.